The molecule has 1 amide bonds. The first kappa shape index (κ1) is 21.9. The Morgan fingerprint density at radius 3 is 2.17 bits per heavy atom. The van der Waals surface area contributed by atoms with Gasteiger partial charge in [0.2, 0.25) is 0 Å². The zero-order valence-corrected chi connectivity index (χ0v) is 14.8. The van der Waals surface area contributed by atoms with E-state index >= 15 is 0 Å². The molecule has 0 aliphatic rings. The standard InChI is InChI=1S/C12H20N3O6SSe/c13-6(1-2-9(16)17)10(18)15-8(11(19)20)3-4-22-5-7(14)12(21)23/h6-8H,1-5,13-14H2,(H,15,18)(H,16,17)(H,19,20)/t6-,7-,8-/m0/s1. The van der Waals surface area contributed by atoms with Gasteiger partial charge in [-0.25, -0.2) is 0 Å². The molecule has 11 heteroatoms. The molecule has 7 N–H and O–H groups in total. The molecule has 0 aliphatic carbocycles. The molecule has 0 bridgehead atoms. The van der Waals surface area contributed by atoms with E-state index < -0.39 is 36.0 Å². The van der Waals surface area contributed by atoms with Gasteiger partial charge in [0.25, 0.3) is 0 Å². The van der Waals surface area contributed by atoms with Crippen LogP contribution in [0.3, 0.4) is 0 Å². The third-order valence-electron chi connectivity index (χ3n) is 2.77. The maximum absolute atomic E-state index is 11.7. The second-order valence-corrected chi connectivity index (χ2v) is 6.72. The van der Waals surface area contributed by atoms with E-state index in [9.17, 15) is 19.2 Å². The van der Waals surface area contributed by atoms with Gasteiger partial charge < -0.3 is 5.11 Å². The van der Waals surface area contributed by atoms with E-state index in [0.29, 0.717) is 11.5 Å². The molecule has 23 heavy (non-hydrogen) atoms. The Labute approximate surface area is 145 Å². The van der Waals surface area contributed by atoms with Crippen molar-refractivity contribution in [2.24, 2.45) is 11.5 Å². The van der Waals surface area contributed by atoms with Crippen LogP contribution in [0.1, 0.15) is 19.3 Å². The molecular formula is C12H20N3O6SSe. The van der Waals surface area contributed by atoms with Crippen LogP contribution in [-0.2, 0) is 19.2 Å². The zero-order chi connectivity index (χ0) is 18.0. The van der Waals surface area contributed by atoms with E-state index in [4.69, 9.17) is 21.7 Å². The molecule has 3 atom stereocenters. The summed E-state index contributed by atoms with van der Waals surface area (Å²) >= 11 is 3.58. The number of nitrogens with one attached hydrogen (secondary N) is 1. The Morgan fingerprint density at radius 1 is 1.09 bits per heavy atom. The quantitative estimate of drug-likeness (QED) is 0.177. The van der Waals surface area contributed by atoms with Crippen molar-refractivity contribution in [2.45, 2.75) is 37.4 Å². The minimum absolute atomic E-state index is 0.0772. The van der Waals surface area contributed by atoms with Crippen molar-refractivity contribution >= 4 is 50.3 Å². The Bertz CT molecular complexity index is 451. The average molecular weight is 413 g/mol. The monoisotopic (exact) mass is 414 g/mol. The molecule has 0 heterocycles. The fraction of sp³-hybridized carbons (Fsp3) is 0.667. The zero-order valence-electron chi connectivity index (χ0n) is 12.3. The summed E-state index contributed by atoms with van der Waals surface area (Å²) in [6, 6.07) is -2.87. The Hall–Kier alpha value is -1.13. The molecule has 0 aromatic carbocycles. The summed E-state index contributed by atoms with van der Waals surface area (Å²) in [5, 5.41) is 19.9. The number of amides is 1. The van der Waals surface area contributed by atoms with Crippen molar-refractivity contribution in [1.29, 1.82) is 0 Å². The van der Waals surface area contributed by atoms with E-state index in [0.717, 1.165) is 0 Å². The molecule has 0 fully saturated rings. The number of rotatable bonds is 12. The second kappa shape index (κ2) is 11.4. The van der Waals surface area contributed by atoms with Crippen LogP contribution in [0.25, 0.3) is 0 Å². The number of carboxylic acid groups (broad SMARTS) is 2. The number of aliphatic carboxylic acids is 2. The SMILES string of the molecule is N[C@@H](CSCC[C@H](NC(=O)[C@@H](N)CCC(=O)O)C(=O)O)C(=O)[Se]. The van der Waals surface area contributed by atoms with Crippen LogP contribution >= 0.6 is 11.8 Å². The third kappa shape index (κ3) is 10.3. The number of carbonyl (C=O) groups is 4. The van der Waals surface area contributed by atoms with Crippen molar-refractivity contribution in [1.82, 2.24) is 5.32 Å². The Kier molecular flexibility index (Phi) is 10.9. The topological polar surface area (TPSA) is 173 Å². The van der Waals surface area contributed by atoms with Gasteiger partial charge >= 0.3 is 135 Å². The van der Waals surface area contributed by atoms with Crippen LogP contribution in [0.2, 0.25) is 0 Å². The van der Waals surface area contributed by atoms with Crippen molar-refractivity contribution in [3.63, 3.8) is 0 Å². The normalized spacial score (nSPS) is 14.5. The fourth-order valence-corrected chi connectivity index (χ4v) is 2.81. The first-order valence-electron chi connectivity index (χ1n) is 6.69. The molecule has 0 aromatic heterocycles. The molecule has 131 valence electrons. The van der Waals surface area contributed by atoms with Gasteiger partial charge in [-0.05, 0) is 0 Å². The van der Waals surface area contributed by atoms with Crippen LogP contribution in [-0.4, -0.2) is 78.4 Å². The summed E-state index contributed by atoms with van der Waals surface area (Å²) in [6.45, 7) is 0. The van der Waals surface area contributed by atoms with E-state index in [-0.39, 0.29) is 23.9 Å². The van der Waals surface area contributed by atoms with Crippen LogP contribution in [0.5, 0.6) is 0 Å². The van der Waals surface area contributed by atoms with Crippen LogP contribution < -0.4 is 16.8 Å². The molecule has 0 rings (SSSR count). The number of nitrogens with two attached hydrogens (primary N) is 2. The van der Waals surface area contributed by atoms with E-state index in [2.05, 4.69) is 21.3 Å². The van der Waals surface area contributed by atoms with Gasteiger partial charge in [-0.1, -0.05) is 0 Å². The van der Waals surface area contributed by atoms with Crippen molar-refractivity contribution in [2.75, 3.05) is 11.5 Å². The van der Waals surface area contributed by atoms with Gasteiger partial charge in [-0.3, -0.25) is 4.79 Å². The van der Waals surface area contributed by atoms with Gasteiger partial charge in [-0.15, -0.1) is 0 Å². The molecule has 0 aliphatic heterocycles. The van der Waals surface area contributed by atoms with E-state index in [1.165, 1.54) is 11.8 Å². The number of hydrogen-bond donors (Lipinski definition) is 5. The minimum atomic E-state index is -1.21. The van der Waals surface area contributed by atoms with Crippen molar-refractivity contribution in [3.05, 3.63) is 0 Å². The molecule has 0 saturated carbocycles. The first-order chi connectivity index (χ1) is 10.6. The summed E-state index contributed by atoms with van der Waals surface area (Å²) < 4.78 is -0.273. The molecule has 1 radical (unpaired) electrons. The molecule has 0 unspecified atom stereocenters. The van der Waals surface area contributed by atoms with Gasteiger partial charge in [0, 0.05) is 0 Å². The number of carboxylic acids is 2. The fourth-order valence-electron chi connectivity index (χ4n) is 1.43. The third-order valence-corrected chi connectivity index (χ3v) is 4.53. The van der Waals surface area contributed by atoms with Crippen LogP contribution in [0, 0.1) is 0 Å². The van der Waals surface area contributed by atoms with Gasteiger partial charge in [-0.2, -0.15) is 0 Å². The number of carbonyl (C=O) groups excluding carboxylic acids is 2. The van der Waals surface area contributed by atoms with Gasteiger partial charge in [0.1, 0.15) is 0 Å². The van der Waals surface area contributed by atoms with Gasteiger partial charge in [0.05, 0.1) is 0 Å². The maximum atomic E-state index is 11.7. The molecule has 9 nitrogen and oxygen atoms in total. The predicted molar refractivity (Wildman–Crippen MR) is 85.1 cm³/mol. The number of thioether (sulfide) groups is 1. The molecule has 0 aromatic rings. The summed E-state index contributed by atoms with van der Waals surface area (Å²) in [5.41, 5.74) is 11.0. The van der Waals surface area contributed by atoms with Crippen LogP contribution in [0.4, 0.5) is 0 Å². The van der Waals surface area contributed by atoms with Crippen molar-refractivity contribution < 1.29 is 29.4 Å². The Morgan fingerprint density at radius 2 is 1.70 bits per heavy atom. The molecular weight excluding hydrogens is 393 g/mol. The molecule has 0 spiro atoms. The molecule has 0 saturated heterocycles. The van der Waals surface area contributed by atoms with Gasteiger partial charge in [0.15, 0.2) is 0 Å². The average Bonchev–Trinajstić information content (AvgIpc) is 2.46. The summed E-state index contributed by atoms with van der Waals surface area (Å²) in [6.07, 6.45) is -0.222. The van der Waals surface area contributed by atoms with Crippen molar-refractivity contribution in [3.8, 4) is 0 Å². The summed E-state index contributed by atoms with van der Waals surface area (Å²) in [7, 11) is 0. The number of hydrogen-bond acceptors (Lipinski definition) is 7. The van der Waals surface area contributed by atoms with E-state index in [1.54, 1.807) is 0 Å². The predicted octanol–water partition coefficient (Wildman–Crippen LogP) is -2.11. The van der Waals surface area contributed by atoms with Crippen LogP contribution in [0.15, 0.2) is 0 Å². The van der Waals surface area contributed by atoms with E-state index in [1.807, 2.05) is 0 Å². The first-order valence-corrected chi connectivity index (χ1v) is 8.71. The Balaban J connectivity index is 4.25. The summed E-state index contributed by atoms with van der Waals surface area (Å²) in [5.74, 6) is -2.29. The summed E-state index contributed by atoms with van der Waals surface area (Å²) in [4.78, 5) is 44.2. The second-order valence-electron chi connectivity index (χ2n) is 4.73.